The summed E-state index contributed by atoms with van der Waals surface area (Å²) >= 11 is 0. The molecule has 0 radical (unpaired) electrons. The van der Waals surface area contributed by atoms with E-state index in [-0.39, 0.29) is 22.6 Å². The Bertz CT molecular complexity index is 1010. The van der Waals surface area contributed by atoms with Crippen LogP contribution >= 0.6 is 0 Å². The molecule has 0 atom stereocenters. The summed E-state index contributed by atoms with van der Waals surface area (Å²) in [5, 5.41) is 0.475. The molecule has 0 spiro atoms. The number of rotatable bonds is 2. The van der Waals surface area contributed by atoms with Crippen LogP contribution in [-0.2, 0) is 15.0 Å². The van der Waals surface area contributed by atoms with Crippen LogP contribution in [0.25, 0.3) is 0 Å². The van der Waals surface area contributed by atoms with E-state index in [1.807, 2.05) is 0 Å². The molecule has 0 aromatic heterocycles. The zero-order valence-electron chi connectivity index (χ0n) is 15.0. The van der Waals surface area contributed by atoms with Crippen molar-refractivity contribution in [1.29, 1.82) is 0 Å². The number of carbonyl (C=O) groups is 4. The fourth-order valence-electron chi connectivity index (χ4n) is 3.49. The zero-order valence-corrected chi connectivity index (χ0v) is 15.0. The van der Waals surface area contributed by atoms with Gasteiger partial charge in [-0.25, -0.2) is 4.79 Å². The van der Waals surface area contributed by atoms with Crippen LogP contribution in [0.4, 0.5) is 5.69 Å². The lowest BCUT2D eigenvalue weighted by Crippen LogP contribution is -2.33. The van der Waals surface area contributed by atoms with Gasteiger partial charge in [0.05, 0.1) is 22.1 Å². The van der Waals surface area contributed by atoms with Gasteiger partial charge in [-0.1, -0.05) is 17.2 Å². The average molecular weight is 364 g/mol. The largest absolute Gasteiger partial charge is 0.363 e. The smallest absolute Gasteiger partial charge is 0.324 e. The highest BCUT2D eigenvalue weighted by atomic mass is 16.7. The summed E-state index contributed by atoms with van der Waals surface area (Å²) in [5.74, 6) is -2.28. The van der Waals surface area contributed by atoms with E-state index in [0.29, 0.717) is 16.3 Å². The minimum absolute atomic E-state index is 0.0802. The Morgan fingerprint density at radius 1 is 0.963 bits per heavy atom. The summed E-state index contributed by atoms with van der Waals surface area (Å²) in [5.41, 5.74) is 1.15. The van der Waals surface area contributed by atoms with Gasteiger partial charge >= 0.3 is 5.97 Å². The molecule has 2 aromatic rings. The molecule has 7 nitrogen and oxygen atoms in total. The van der Waals surface area contributed by atoms with Gasteiger partial charge in [-0.3, -0.25) is 14.4 Å². The Morgan fingerprint density at radius 2 is 1.56 bits per heavy atom. The fraction of sp³-hybridized carbons (Fsp3) is 0.200. The normalized spacial score (nSPS) is 17.2. The zero-order chi connectivity index (χ0) is 19.5. The van der Waals surface area contributed by atoms with Crippen molar-refractivity contribution in [2.45, 2.75) is 19.3 Å². The Labute approximate surface area is 155 Å². The Hall–Kier alpha value is -3.48. The Morgan fingerprint density at radius 3 is 2.15 bits per heavy atom. The van der Waals surface area contributed by atoms with Crippen LogP contribution in [0.5, 0.6) is 0 Å². The van der Waals surface area contributed by atoms with Crippen molar-refractivity contribution < 1.29 is 24.0 Å². The molecule has 2 aromatic carbocycles. The standard InChI is InChI=1S/C20H16N2O5/c1-20(2)14-10-11(8-9-15(14)21(3)19(20)26)18(25)27-22-16(23)12-6-4-5-7-13(12)17(22)24/h4-10H,1-3H3. The number of fused-ring (bicyclic) bond motifs is 2. The van der Waals surface area contributed by atoms with Crippen LogP contribution in [0, 0.1) is 0 Å². The SMILES string of the molecule is CN1C(=O)C(C)(C)c2cc(C(=O)ON3C(=O)c4ccccc4C3=O)ccc21. The molecule has 2 heterocycles. The second kappa shape index (κ2) is 5.51. The van der Waals surface area contributed by atoms with Gasteiger partial charge in [0.15, 0.2) is 0 Å². The first-order valence-corrected chi connectivity index (χ1v) is 8.36. The lowest BCUT2D eigenvalue weighted by Gasteiger charge is -2.17. The predicted molar refractivity (Wildman–Crippen MR) is 95.2 cm³/mol. The number of amides is 3. The Kier molecular flexibility index (Phi) is 3.46. The monoisotopic (exact) mass is 364 g/mol. The van der Waals surface area contributed by atoms with Crippen LogP contribution in [0.3, 0.4) is 0 Å². The van der Waals surface area contributed by atoms with E-state index in [1.165, 1.54) is 23.1 Å². The van der Waals surface area contributed by atoms with Crippen LogP contribution in [0.1, 0.15) is 50.5 Å². The third kappa shape index (κ3) is 2.28. The number of benzene rings is 2. The molecular weight excluding hydrogens is 348 g/mol. The maximum Gasteiger partial charge on any atom is 0.363 e. The van der Waals surface area contributed by atoms with E-state index in [0.717, 1.165) is 0 Å². The van der Waals surface area contributed by atoms with Gasteiger partial charge in [-0.05, 0) is 49.7 Å². The molecule has 2 aliphatic rings. The summed E-state index contributed by atoms with van der Waals surface area (Å²) in [4.78, 5) is 56.2. The summed E-state index contributed by atoms with van der Waals surface area (Å²) < 4.78 is 0. The van der Waals surface area contributed by atoms with E-state index in [9.17, 15) is 19.2 Å². The topological polar surface area (TPSA) is 84.0 Å². The predicted octanol–water partition coefficient (Wildman–Crippen LogP) is 2.31. The van der Waals surface area contributed by atoms with Gasteiger partial charge in [0.25, 0.3) is 11.8 Å². The van der Waals surface area contributed by atoms with Crippen molar-refractivity contribution in [2.24, 2.45) is 0 Å². The molecule has 7 heteroatoms. The summed E-state index contributed by atoms with van der Waals surface area (Å²) in [7, 11) is 1.67. The van der Waals surface area contributed by atoms with E-state index >= 15 is 0 Å². The first kappa shape index (κ1) is 17.0. The molecule has 0 fully saturated rings. The van der Waals surface area contributed by atoms with Crippen LogP contribution in [0.2, 0.25) is 0 Å². The molecule has 27 heavy (non-hydrogen) atoms. The summed E-state index contributed by atoms with van der Waals surface area (Å²) in [6.45, 7) is 3.55. The maximum absolute atomic E-state index is 12.5. The number of nitrogens with zero attached hydrogens (tertiary/aromatic N) is 2. The van der Waals surface area contributed by atoms with Crippen molar-refractivity contribution in [2.75, 3.05) is 11.9 Å². The lowest BCUT2D eigenvalue weighted by atomic mass is 9.85. The van der Waals surface area contributed by atoms with Gasteiger partial charge in [-0.15, -0.1) is 0 Å². The first-order chi connectivity index (χ1) is 12.7. The number of hydrogen-bond donors (Lipinski definition) is 0. The molecule has 0 aliphatic carbocycles. The van der Waals surface area contributed by atoms with Gasteiger partial charge in [0, 0.05) is 12.7 Å². The van der Waals surface area contributed by atoms with E-state index < -0.39 is 23.2 Å². The Balaban J connectivity index is 1.63. The number of hydroxylamine groups is 2. The minimum atomic E-state index is -0.842. The minimum Gasteiger partial charge on any atom is -0.324 e. The quantitative estimate of drug-likeness (QED) is 0.764. The molecule has 2 aliphatic heterocycles. The lowest BCUT2D eigenvalue weighted by molar-refractivity contribution is -0.121. The van der Waals surface area contributed by atoms with Crippen LogP contribution in [-0.4, -0.2) is 35.8 Å². The second-order valence-corrected chi connectivity index (χ2v) is 7.05. The van der Waals surface area contributed by atoms with E-state index in [1.54, 1.807) is 45.2 Å². The third-order valence-electron chi connectivity index (χ3n) is 5.04. The van der Waals surface area contributed by atoms with E-state index in [4.69, 9.17) is 4.84 Å². The van der Waals surface area contributed by atoms with Crippen molar-refractivity contribution in [3.8, 4) is 0 Å². The molecular formula is C20H16N2O5. The molecule has 3 amide bonds. The van der Waals surface area contributed by atoms with Crippen molar-refractivity contribution >= 4 is 29.4 Å². The molecule has 0 N–H and O–H groups in total. The highest BCUT2D eigenvalue weighted by Crippen LogP contribution is 2.41. The van der Waals surface area contributed by atoms with Crippen LogP contribution < -0.4 is 4.90 Å². The molecule has 0 saturated carbocycles. The van der Waals surface area contributed by atoms with Gasteiger partial charge < -0.3 is 9.74 Å². The number of likely N-dealkylation sites (N-methyl/N-ethyl adjacent to an activating group) is 1. The maximum atomic E-state index is 12.5. The number of anilines is 1. The summed E-state index contributed by atoms with van der Waals surface area (Å²) in [6, 6.07) is 11.0. The third-order valence-corrected chi connectivity index (χ3v) is 5.04. The van der Waals surface area contributed by atoms with Gasteiger partial charge in [-0.2, -0.15) is 0 Å². The summed E-state index contributed by atoms with van der Waals surface area (Å²) in [6.07, 6.45) is 0. The number of carbonyl (C=O) groups excluding carboxylic acids is 4. The van der Waals surface area contributed by atoms with Crippen molar-refractivity contribution in [3.63, 3.8) is 0 Å². The molecule has 4 rings (SSSR count). The van der Waals surface area contributed by atoms with Gasteiger partial charge in [0.1, 0.15) is 0 Å². The fourth-order valence-corrected chi connectivity index (χ4v) is 3.49. The number of imide groups is 1. The molecule has 0 unspecified atom stereocenters. The highest BCUT2D eigenvalue weighted by Gasteiger charge is 2.43. The molecule has 0 bridgehead atoms. The van der Waals surface area contributed by atoms with E-state index in [2.05, 4.69) is 0 Å². The highest BCUT2D eigenvalue weighted by molar-refractivity contribution is 6.21. The van der Waals surface area contributed by atoms with Crippen molar-refractivity contribution in [1.82, 2.24) is 5.06 Å². The van der Waals surface area contributed by atoms with Crippen LogP contribution in [0.15, 0.2) is 42.5 Å². The van der Waals surface area contributed by atoms with Crippen molar-refractivity contribution in [3.05, 3.63) is 64.7 Å². The number of hydrogen-bond acceptors (Lipinski definition) is 5. The second-order valence-electron chi connectivity index (χ2n) is 7.05. The first-order valence-electron chi connectivity index (χ1n) is 8.36. The molecule has 0 saturated heterocycles. The average Bonchev–Trinajstić information content (AvgIpc) is 3.00. The molecule has 136 valence electrons. The van der Waals surface area contributed by atoms with Gasteiger partial charge in [0.2, 0.25) is 5.91 Å².